The minimum absolute atomic E-state index is 0.0411. The van der Waals surface area contributed by atoms with Crippen LogP contribution in [-0.4, -0.2) is 59.9 Å². The molecule has 0 saturated heterocycles. The van der Waals surface area contributed by atoms with Gasteiger partial charge in [-0.1, -0.05) is 172 Å². The Bertz CT molecular complexity index is 1140. The van der Waals surface area contributed by atoms with Crippen molar-refractivity contribution in [2.75, 3.05) is 19.8 Å². The van der Waals surface area contributed by atoms with Gasteiger partial charge in [-0.2, -0.15) is 0 Å². The Morgan fingerprint density at radius 2 is 0.982 bits per heavy atom. The molecule has 0 aliphatic carbocycles. The Morgan fingerprint density at radius 1 is 0.554 bits per heavy atom. The molecule has 0 rings (SSSR count). The molecule has 0 aliphatic rings. The third-order valence-corrected chi connectivity index (χ3v) is 10.0. The van der Waals surface area contributed by atoms with Crippen LogP contribution >= 0.6 is 7.82 Å². The average Bonchev–Trinajstić information content (AvgIpc) is 3.17. The van der Waals surface area contributed by atoms with Gasteiger partial charge >= 0.3 is 25.7 Å². The van der Waals surface area contributed by atoms with E-state index in [0.29, 0.717) is 12.8 Å². The van der Waals surface area contributed by atoms with E-state index in [1.165, 1.54) is 96.3 Å². The van der Waals surface area contributed by atoms with Gasteiger partial charge in [0.05, 0.1) is 13.2 Å². The molecule has 4 N–H and O–H groups in total. The molecule has 56 heavy (non-hydrogen) atoms. The number of nitrogens with two attached hydrogens (primary N) is 1. The fourth-order valence-electron chi connectivity index (χ4n) is 5.66. The van der Waals surface area contributed by atoms with E-state index in [9.17, 15) is 23.8 Å². The second kappa shape index (κ2) is 39.3. The maximum Gasteiger partial charge on any atom is 0.472 e. The fourth-order valence-corrected chi connectivity index (χ4v) is 6.44. The molecular weight excluding hydrogens is 733 g/mol. The van der Waals surface area contributed by atoms with Gasteiger partial charge in [-0.05, 0) is 44.9 Å². The predicted molar refractivity (Wildman–Crippen MR) is 226 cm³/mol. The normalized spacial score (nSPS) is 14.2. The Labute approximate surface area is 339 Å². The van der Waals surface area contributed by atoms with E-state index < -0.39 is 51.1 Å². The standard InChI is InChI=1S/C44H78NO10P/c1-3-5-7-9-11-13-15-17-19-20-22-24-26-28-30-32-34-36-43(47)55-40(38-53-56(50,51)54-39-41(45)44(48)49)37-52-42(46)35-33-31-29-27-25-23-21-18-16-14-12-10-8-6-4-2/h13,15,19-20,24,26,30,32,40-41H,3-12,14,16-18,21-23,25,27-29,31,33-39,45H2,1-2H3,(H,48,49)(H,50,51). The lowest BCUT2D eigenvalue weighted by atomic mass is 10.0. The molecule has 0 spiro atoms. The number of hydrogen-bond acceptors (Lipinski definition) is 9. The van der Waals surface area contributed by atoms with Crippen LogP contribution in [0.3, 0.4) is 0 Å². The predicted octanol–water partition coefficient (Wildman–Crippen LogP) is 11.4. The molecule has 11 nitrogen and oxygen atoms in total. The van der Waals surface area contributed by atoms with Crippen molar-refractivity contribution in [1.82, 2.24) is 0 Å². The number of ether oxygens (including phenoxy) is 2. The van der Waals surface area contributed by atoms with Crippen LogP contribution in [0.1, 0.15) is 181 Å². The molecule has 0 radical (unpaired) electrons. The SMILES string of the molecule is CCCCCCC=CCC=CCC=CCC=CCCC(=O)OC(COC(=O)CCCCCCCCCCCCCCCCC)COP(=O)(O)OCC(N)C(=O)O. The number of allylic oxidation sites excluding steroid dienone is 8. The third kappa shape index (κ3) is 38.3. The van der Waals surface area contributed by atoms with Crippen molar-refractivity contribution >= 4 is 25.7 Å². The first-order valence-corrected chi connectivity index (χ1v) is 23.2. The summed E-state index contributed by atoms with van der Waals surface area (Å²) in [5.41, 5.74) is 5.32. The van der Waals surface area contributed by atoms with Crippen LogP contribution < -0.4 is 5.73 Å². The van der Waals surface area contributed by atoms with Gasteiger partial charge in [-0.3, -0.25) is 23.4 Å². The first-order chi connectivity index (χ1) is 27.1. The van der Waals surface area contributed by atoms with E-state index in [-0.39, 0.29) is 19.4 Å². The quantitative estimate of drug-likeness (QED) is 0.0233. The van der Waals surface area contributed by atoms with Crippen molar-refractivity contribution < 1.29 is 47.5 Å². The molecule has 0 saturated carbocycles. The molecule has 324 valence electrons. The van der Waals surface area contributed by atoms with E-state index in [1.54, 1.807) is 0 Å². The number of hydrogen-bond donors (Lipinski definition) is 3. The first kappa shape index (κ1) is 53.4. The molecule has 12 heteroatoms. The van der Waals surface area contributed by atoms with E-state index in [2.05, 4.69) is 54.8 Å². The molecule has 0 aromatic heterocycles. The molecule has 0 aliphatic heterocycles. The van der Waals surface area contributed by atoms with Gasteiger partial charge in [0.15, 0.2) is 6.10 Å². The number of carbonyl (C=O) groups excluding carboxylic acids is 2. The lowest BCUT2D eigenvalue weighted by Crippen LogP contribution is -2.34. The summed E-state index contributed by atoms with van der Waals surface area (Å²) in [7, 11) is -4.73. The molecular formula is C44H78NO10P. The molecule has 0 heterocycles. The van der Waals surface area contributed by atoms with Gasteiger partial charge in [0.1, 0.15) is 12.6 Å². The van der Waals surface area contributed by atoms with Crippen molar-refractivity contribution in [3.05, 3.63) is 48.6 Å². The van der Waals surface area contributed by atoms with Gasteiger partial charge in [0.2, 0.25) is 0 Å². The number of carboxylic acid groups (broad SMARTS) is 1. The van der Waals surface area contributed by atoms with Crippen LogP contribution in [0.25, 0.3) is 0 Å². The van der Waals surface area contributed by atoms with Crippen molar-refractivity contribution in [2.45, 2.75) is 193 Å². The second-order valence-corrected chi connectivity index (χ2v) is 15.9. The highest BCUT2D eigenvalue weighted by Crippen LogP contribution is 2.43. The summed E-state index contributed by atoms with van der Waals surface area (Å²) in [6.07, 6.45) is 43.3. The third-order valence-electron chi connectivity index (χ3n) is 9.09. The molecule has 3 unspecified atom stereocenters. The van der Waals surface area contributed by atoms with Crippen molar-refractivity contribution in [3.63, 3.8) is 0 Å². The molecule has 0 bridgehead atoms. The molecule has 0 amide bonds. The Kier molecular flexibility index (Phi) is 37.5. The minimum Gasteiger partial charge on any atom is -0.480 e. The summed E-state index contributed by atoms with van der Waals surface area (Å²) >= 11 is 0. The summed E-state index contributed by atoms with van der Waals surface area (Å²) in [5, 5.41) is 8.88. The molecule has 0 aromatic rings. The Hall–Kier alpha value is -2.56. The van der Waals surface area contributed by atoms with Crippen LogP contribution in [-0.2, 0) is 37.5 Å². The van der Waals surface area contributed by atoms with E-state index in [4.69, 9.17) is 24.8 Å². The fraction of sp³-hybridized carbons (Fsp3) is 0.750. The summed E-state index contributed by atoms with van der Waals surface area (Å²) in [6, 6.07) is -1.53. The smallest absolute Gasteiger partial charge is 0.472 e. The number of carbonyl (C=O) groups is 3. The van der Waals surface area contributed by atoms with Crippen molar-refractivity contribution in [1.29, 1.82) is 0 Å². The van der Waals surface area contributed by atoms with Crippen LogP contribution in [0.15, 0.2) is 48.6 Å². The van der Waals surface area contributed by atoms with Crippen LogP contribution in [0.5, 0.6) is 0 Å². The molecule has 0 aromatic carbocycles. The van der Waals surface area contributed by atoms with E-state index >= 15 is 0 Å². The summed E-state index contributed by atoms with van der Waals surface area (Å²) in [4.78, 5) is 45.9. The zero-order chi connectivity index (χ0) is 41.4. The van der Waals surface area contributed by atoms with Crippen LogP contribution in [0.2, 0.25) is 0 Å². The van der Waals surface area contributed by atoms with Gasteiger partial charge < -0.3 is 25.2 Å². The summed E-state index contributed by atoms with van der Waals surface area (Å²) in [6.45, 7) is 2.71. The minimum atomic E-state index is -4.73. The van der Waals surface area contributed by atoms with E-state index in [0.717, 1.165) is 44.9 Å². The molecule has 3 atom stereocenters. The van der Waals surface area contributed by atoms with E-state index in [1.807, 2.05) is 12.2 Å². The number of phosphoric ester groups is 1. The second-order valence-electron chi connectivity index (χ2n) is 14.5. The number of aliphatic carboxylic acids is 1. The lowest BCUT2D eigenvalue weighted by Gasteiger charge is -2.20. The monoisotopic (exact) mass is 812 g/mol. The van der Waals surface area contributed by atoms with Gasteiger partial charge in [0, 0.05) is 12.8 Å². The number of unbranched alkanes of at least 4 members (excludes halogenated alkanes) is 18. The van der Waals surface area contributed by atoms with Crippen LogP contribution in [0, 0.1) is 0 Å². The Morgan fingerprint density at radius 3 is 1.48 bits per heavy atom. The highest BCUT2D eigenvalue weighted by molar-refractivity contribution is 7.47. The maximum absolute atomic E-state index is 12.6. The highest BCUT2D eigenvalue weighted by atomic mass is 31.2. The van der Waals surface area contributed by atoms with Crippen molar-refractivity contribution in [2.24, 2.45) is 5.73 Å². The number of esters is 2. The molecule has 0 fully saturated rings. The largest absolute Gasteiger partial charge is 0.480 e. The highest BCUT2D eigenvalue weighted by Gasteiger charge is 2.28. The lowest BCUT2D eigenvalue weighted by molar-refractivity contribution is -0.161. The van der Waals surface area contributed by atoms with Gasteiger partial charge in [-0.15, -0.1) is 0 Å². The van der Waals surface area contributed by atoms with Gasteiger partial charge in [-0.25, -0.2) is 4.57 Å². The van der Waals surface area contributed by atoms with Gasteiger partial charge in [0.25, 0.3) is 0 Å². The van der Waals surface area contributed by atoms with Crippen molar-refractivity contribution in [3.8, 4) is 0 Å². The number of rotatable bonds is 40. The number of phosphoric acid groups is 1. The average molecular weight is 812 g/mol. The maximum atomic E-state index is 12.6. The Balaban J connectivity index is 4.48. The summed E-state index contributed by atoms with van der Waals surface area (Å²) in [5.74, 6) is -2.48. The summed E-state index contributed by atoms with van der Waals surface area (Å²) < 4.78 is 32.6. The van der Waals surface area contributed by atoms with Crippen LogP contribution in [0.4, 0.5) is 0 Å². The topological polar surface area (TPSA) is 172 Å². The zero-order valence-corrected chi connectivity index (χ0v) is 35.9. The zero-order valence-electron chi connectivity index (χ0n) is 35.0. The number of carboxylic acids is 1. The first-order valence-electron chi connectivity index (χ1n) is 21.7.